The van der Waals surface area contributed by atoms with Gasteiger partial charge in [-0.3, -0.25) is 0 Å². The largest absolute Gasteiger partial charge is 0.309 e. The van der Waals surface area contributed by atoms with Crippen molar-refractivity contribution in [1.29, 1.82) is 0 Å². The maximum atomic E-state index is 6.96. The van der Waals surface area contributed by atoms with Crippen molar-refractivity contribution in [2.75, 3.05) is 0 Å². The van der Waals surface area contributed by atoms with Crippen molar-refractivity contribution < 1.29 is 0 Å². The van der Waals surface area contributed by atoms with Crippen LogP contribution in [0.15, 0.2) is 18.2 Å². The number of rotatable bonds is 1. The molecule has 1 aromatic carbocycles. The van der Waals surface area contributed by atoms with E-state index in [0.29, 0.717) is 0 Å². The van der Waals surface area contributed by atoms with Crippen LogP contribution in [0.1, 0.15) is 29.7 Å². The number of nitrogens with zero attached hydrogens (tertiary/aromatic N) is 1. The molecule has 0 fully saturated rings. The molecule has 0 aliphatic carbocycles. The van der Waals surface area contributed by atoms with Crippen LogP contribution in [-0.4, -0.2) is 0 Å². The average Bonchev–Trinajstić information content (AvgIpc) is 2.03. The van der Waals surface area contributed by atoms with Crippen molar-refractivity contribution in [3.8, 4) is 0 Å². The lowest BCUT2D eigenvalue weighted by molar-refractivity contribution is 0.931. The van der Waals surface area contributed by atoms with Crippen molar-refractivity contribution >= 4 is 0 Å². The number of hydrogen-bond acceptors (Lipinski definition) is 0. The average molecular weight is 159 g/mol. The molecule has 1 rings (SSSR count). The molecule has 0 saturated carbocycles. The lowest BCUT2D eigenvalue weighted by Gasteiger charge is -2.07. The molecule has 0 amide bonds. The first-order valence-corrected chi connectivity index (χ1v) is 4.09. The zero-order chi connectivity index (χ0) is 9.14. The fraction of sp³-hybridized carbons (Fsp3) is 0.364. The summed E-state index contributed by atoms with van der Waals surface area (Å²) in [6.07, 6.45) is 0. The van der Waals surface area contributed by atoms with E-state index in [4.69, 9.17) is 6.57 Å². The quantitative estimate of drug-likeness (QED) is 0.554. The predicted octanol–water partition coefficient (Wildman–Crippen LogP) is 3.28. The Morgan fingerprint density at radius 2 is 1.75 bits per heavy atom. The van der Waals surface area contributed by atoms with Gasteiger partial charge in [0, 0.05) is 12.5 Å². The van der Waals surface area contributed by atoms with Crippen LogP contribution in [0.3, 0.4) is 0 Å². The lowest BCUT2D eigenvalue weighted by atomic mass is 9.98. The summed E-state index contributed by atoms with van der Waals surface area (Å²) < 4.78 is 0. The maximum Gasteiger partial charge on any atom is 0.246 e. The molecular weight excluding hydrogens is 146 g/mol. The summed E-state index contributed by atoms with van der Waals surface area (Å²) in [5.74, 6) is 0. The van der Waals surface area contributed by atoms with E-state index in [-0.39, 0.29) is 6.04 Å². The maximum absolute atomic E-state index is 6.96. The number of benzene rings is 1. The summed E-state index contributed by atoms with van der Waals surface area (Å²) in [5.41, 5.74) is 3.63. The highest BCUT2D eigenvalue weighted by molar-refractivity contribution is 5.37. The van der Waals surface area contributed by atoms with Gasteiger partial charge in [-0.15, -0.1) is 0 Å². The zero-order valence-corrected chi connectivity index (χ0v) is 7.76. The Morgan fingerprint density at radius 1 is 1.25 bits per heavy atom. The molecule has 1 heteroatoms. The molecule has 0 spiro atoms. The van der Waals surface area contributed by atoms with Crippen molar-refractivity contribution in [1.82, 2.24) is 0 Å². The van der Waals surface area contributed by atoms with Crippen molar-refractivity contribution in [3.63, 3.8) is 0 Å². The van der Waals surface area contributed by atoms with Crippen LogP contribution in [0.2, 0.25) is 0 Å². The minimum Gasteiger partial charge on any atom is -0.309 e. The molecule has 0 saturated heterocycles. The molecule has 1 nitrogen and oxygen atoms in total. The molecule has 1 aromatic rings. The van der Waals surface area contributed by atoms with Crippen LogP contribution >= 0.6 is 0 Å². The smallest absolute Gasteiger partial charge is 0.246 e. The van der Waals surface area contributed by atoms with E-state index in [1.807, 2.05) is 13.0 Å². The van der Waals surface area contributed by atoms with Crippen LogP contribution in [0.5, 0.6) is 0 Å². The normalized spacial score (nSPS) is 12.2. The highest BCUT2D eigenvalue weighted by Crippen LogP contribution is 2.23. The third-order valence-corrected chi connectivity index (χ3v) is 2.15. The van der Waals surface area contributed by atoms with E-state index in [1.54, 1.807) is 0 Å². The molecule has 0 aliphatic heterocycles. The third-order valence-electron chi connectivity index (χ3n) is 2.15. The van der Waals surface area contributed by atoms with Gasteiger partial charge in [0.15, 0.2) is 0 Å². The molecule has 0 radical (unpaired) electrons. The van der Waals surface area contributed by atoms with Crippen LogP contribution in [-0.2, 0) is 0 Å². The van der Waals surface area contributed by atoms with Gasteiger partial charge in [-0.1, -0.05) is 18.2 Å². The Hall–Kier alpha value is -1.29. The second-order valence-corrected chi connectivity index (χ2v) is 3.11. The first kappa shape index (κ1) is 8.80. The van der Waals surface area contributed by atoms with Gasteiger partial charge in [0.1, 0.15) is 0 Å². The van der Waals surface area contributed by atoms with Gasteiger partial charge in [-0.2, -0.15) is 0 Å². The van der Waals surface area contributed by atoms with Crippen molar-refractivity contribution in [3.05, 3.63) is 46.3 Å². The topological polar surface area (TPSA) is 4.36 Å². The standard InChI is InChI=1S/C11H13N/c1-8-6-5-7-9(2)11(8)10(3)12-4/h5-7,10H,1-3H3. The van der Waals surface area contributed by atoms with E-state index in [2.05, 4.69) is 30.8 Å². The first-order chi connectivity index (χ1) is 5.66. The van der Waals surface area contributed by atoms with Crippen molar-refractivity contribution in [2.45, 2.75) is 26.8 Å². The summed E-state index contributed by atoms with van der Waals surface area (Å²) in [6.45, 7) is 13.0. The molecule has 1 atom stereocenters. The minimum atomic E-state index is -0.00815. The van der Waals surface area contributed by atoms with Crippen LogP contribution < -0.4 is 0 Å². The molecule has 0 aliphatic rings. The van der Waals surface area contributed by atoms with Gasteiger partial charge in [0.25, 0.3) is 0 Å². The Bertz CT molecular complexity index is 300. The molecule has 12 heavy (non-hydrogen) atoms. The minimum absolute atomic E-state index is 0.00815. The van der Waals surface area contributed by atoms with Gasteiger partial charge in [0.05, 0.1) is 0 Å². The summed E-state index contributed by atoms with van der Waals surface area (Å²) in [6, 6.07) is 6.14. The Balaban J connectivity index is 3.23. The van der Waals surface area contributed by atoms with Crippen LogP contribution in [0.25, 0.3) is 4.85 Å². The summed E-state index contributed by atoms with van der Waals surface area (Å²) in [4.78, 5) is 3.53. The Kier molecular flexibility index (Phi) is 2.50. The third kappa shape index (κ3) is 1.48. The van der Waals surface area contributed by atoms with E-state index < -0.39 is 0 Å². The van der Waals surface area contributed by atoms with E-state index in [1.165, 1.54) is 16.7 Å². The second-order valence-electron chi connectivity index (χ2n) is 3.11. The predicted molar refractivity (Wildman–Crippen MR) is 50.9 cm³/mol. The highest BCUT2D eigenvalue weighted by atomic mass is 14.7. The summed E-state index contributed by atoms with van der Waals surface area (Å²) in [5, 5.41) is 0. The Labute approximate surface area is 73.9 Å². The highest BCUT2D eigenvalue weighted by Gasteiger charge is 2.13. The first-order valence-electron chi connectivity index (χ1n) is 4.09. The SMILES string of the molecule is [C-]#[N+]C(C)c1c(C)cccc1C. The van der Waals surface area contributed by atoms with Crippen LogP contribution in [0.4, 0.5) is 0 Å². The van der Waals surface area contributed by atoms with Gasteiger partial charge in [0.2, 0.25) is 6.04 Å². The second kappa shape index (κ2) is 3.40. The zero-order valence-electron chi connectivity index (χ0n) is 7.76. The monoisotopic (exact) mass is 159 g/mol. The van der Waals surface area contributed by atoms with E-state index >= 15 is 0 Å². The number of hydrogen-bond donors (Lipinski definition) is 0. The molecule has 1 unspecified atom stereocenters. The van der Waals surface area contributed by atoms with Gasteiger partial charge >= 0.3 is 0 Å². The summed E-state index contributed by atoms with van der Waals surface area (Å²) >= 11 is 0. The van der Waals surface area contributed by atoms with Crippen molar-refractivity contribution in [2.24, 2.45) is 0 Å². The fourth-order valence-electron chi connectivity index (χ4n) is 1.55. The Morgan fingerprint density at radius 3 is 2.17 bits per heavy atom. The molecule has 0 bridgehead atoms. The summed E-state index contributed by atoms with van der Waals surface area (Å²) in [7, 11) is 0. The van der Waals surface area contributed by atoms with Gasteiger partial charge in [-0.25, -0.2) is 6.57 Å². The molecule has 0 aromatic heterocycles. The molecule has 0 heterocycles. The molecule has 62 valence electrons. The van der Waals surface area contributed by atoms with E-state index in [0.717, 1.165) is 0 Å². The fourth-order valence-corrected chi connectivity index (χ4v) is 1.55. The number of aryl methyl sites for hydroxylation is 2. The van der Waals surface area contributed by atoms with Gasteiger partial charge in [-0.05, 0) is 25.0 Å². The molecular formula is C11H13N. The lowest BCUT2D eigenvalue weighted by Crippen LogP contribution is -1.94. The van der Waals surface area contributed by atoms with E-state index in [9.17, 15) is 0 Å². The molecule has 0 N–H and O–H groups in total. The van der Waals surface area contributed by atoms with Gasteiger partial charge < -0.3 is 4.85 Å². The van der Waals surface area contributed by atoms with Crippen LogP contribution in [0, 0.1) is 20.4 Å².